The van der Waals surface area contributed by atoms with Crippen molar-refractivity contribution < 1.29 is 19.5 Å². The largest absolute Gasteiger partial charge is 0.480 e. The van der Waals surface area contributed by atoms with Gasteiger partial charge in [0.05, 0.1) is 5.37 Å². The number of nitrogens with zero attached hydrogens (tertiary/aromatic N) is 2. The van der Waals surface area contributed by atoms with Crippen LogP contribution in [-0.2, 0) is 9.59 Å². The van der Waals surface area contributed by atoms with E-state index >= 15 is 0 Å². The zero-order chi connectivity index (χ0) is 16.2. The summed E-state index contributed by atoms with van der Waals surface area (Å²) in [7, 11) is 0. The molecular weight excluding hydrogens is 294 g/mol. The predicted molar refractivity (Wildman–Crippen MR) is 81.1 cm³/mol. The molecule has 8 heteroatoms. The molecule has 1 rings (SSSR count). The van der Waals surface area contributed by atoms with E-state index in [4.69, 9.17) is 5.11 Å². The lowest BCUT2D eigenvalue weighted by Gasteiger charge is -2.28. The summed E-state index contributed by atoms with van der Waals surface area (Å²) in [6.07, 6.45) is 0. The van der Waals surface area contributed by atoms with Crippen molar-refractivity contribution in [3.8, 4) is 0 Å². The monoisotopic (exact) mass is 317 g/mol. The molecule has 3 unspecified atom stereocenters. The minimum Gasteiger partial charge on any atom is -0.480 e. The maximum absolute atomic E-state index is 12.3. The summed E-state index contributed by atoms with van der Waals surface area (Å²) in [4.78, 5) is 38.5. The molecule has 0 saturated carbocycles. The average molecular weight is 317 g/mol. The lowest BCUT2D eigenvalue weighted by atomic mass is 10.2. The number of urea groups is 1. The Labute approximate surface area is 129 Å². The molecule has 7 nitrogen and oxygen atoms in total. The van der Waals surface area contributed by atoms with Gasteiger partial charge in [-0.15, -0.1) is 11.8 Å². The first kappa shape index (κ1) is 17.6. The second kappa shape index (κ2) is 7.53. The van der Waals surface area contributed by atoms with Crippen LogP contribution in [0.5, 0.6) is 0 Å². The topological polar surface area (TPSA) is 90.0 Å². The van der Waals surface area contributed by atoms with E-state index in [1.165, 1.54) is 16.7 Å². The van der Waals surface area contributed by atoms with Crippen LogP contribution >= 0.6 is 11.8 Å². The van der Waals surface area contributed by atoms with Crippen molar-refractivity contribution in [3.05, 3.63) is 0 Å². The van der Waals surface area contributed by atoms with Crippen LogP contribution in [0.3, 0.4) is 0 Å². The van der Waals surface area contributed by atoms with Gasteiger partial charge in [-0.2, -0.15) is 0 Å². The van der Waals surface area contributed by atoms with E-state index < -0.39 is 24.1 Å². The van der Waals surface area contributed by atoms with E-state index in [9.17, 15) is 14.4 Å². The van der Waals surface area contributed by atoms with Crippen LogP contribution in [0.25, 0.3) is 0 Å². The van der Waals surface area contributed by atoms with E-state index in [-0.39, 0.29) is 11.3 Å². The minimum absolute atomic E-state index is 0.167. The standard InChI is InChI=1S/C13H23N3O4S/c1-5-15(6-2)11(17)8(3)14-13(20)16-9(4)21-7-10(16)12(18)19/h8-10H,5-7H2,1-4H3,(H,14,20)(H,18,19). The van der Waals surface area contributed by atoms with Gasteiger partial charge in [-0.25, -0.2) is 9.59 Å². The molecule has 21 heavy (non-hydrogen) atoms. The van der Waals surface area contributed by atoms with Crippen LogP contribution in [0.15, 0.2) is 0 Å². The SMILES string of the molecule is CCN(CC)C(=O)C(C)NC(=O)N1C(C)SCC1C(=O)O. The summed E-state index contributed by atoms with van der Waals surface area (Å²) in [5.74, 6) is -0.827. The molecule has 1 heterocycles. The van der Waals surface area contributed by atoms with Crippen LogP contribution in [0.1, 0.15) is 27.7 Å². The Bertz CT molecular complexity index is 414. The molecule has 120 valence electrons. The quantitative estimate of drug-likeness (QED) is 0.783. The number of carbonyl (C=O) groups excluding carboxylic acids is 2. The molecule has 1 saturated heterocycles. The second-order valence-electron chi connectivity index (χ2n) is 4.88. The third-order valence-corrected chi connectivity index (χ3v) is 4.75. The molecule has 0 radical (unpaired) electrons. The molecule has 0 aliphatic carbocycles. The van der Waals surface area contributed by atoms with Crippen LogP contribution in [0, 0.1) is 0 Å². The van der Waals surface area contributed by atoms with Gasteiger partial charge in [-0.05, 0) is 27.7 Å². The number of nitrogens with one attached hydrogen (secondary N) is 1. The Kier molecular flexibility index (Phi) is 6.32. The van der Waals surface area contributed by atoms with Gasteiger partial charge in [-0.3, -0.25) is 9.69 Å². The first-order valence-electron chi connectivity index (χ1n) is 7.05. The summed E-state index contributed by atoms with van der Waals surface area (Å²) < 4.78 is 0. The maximum atomic E-state index is 12.3. The summed E-state index contributed by atoms with van der Waals surface area (Å²) in [6.45, 7) is 8.28. The fourth-order valence-corrected chi connectivity index (χ4v) is 3.44. The molecule has 0 aromatic heterocycles. The van der Waals surface area contributed by atoms with Gasteiger partial charge in [0.1, 0.15) is 12.1 Å². The first-order chi connectivity index (χ1) is 9.83. The highest BCUT2D eigenvalue weighted by molar-refractivity contribution is 8.00. The smallest absolute Gasteiger partial charge is 0.327 e. The van der Waals surface area contributed by atoms with Crippen LogP contribution in [0.4, 0.5) is 4.79 Å². The number of aliphatic carboxylic acids is 1. The van der Waals surface area contributed by atoms with E-state index in [0.29, 0.717) is 18.8 Å². The van der Waals surface area contributed by atoms with E-state index in [1.807, 2.05) is 13.8 Å². The van der Waals surface area contributed by atoms with E-state index in [1.54, 1.807) is 18.7 Å². The number of carbonyl (C=O) groups is 3. The van der Waals surface area contributed by atoms with Crippen molar-refractivity contribution in [1.29, 1.82) is 0 Å². The number of hydrogen-bond acceptors (Lipinski definition) is 4. The summed E-state index contributed by atoms with van der Waals surface area (Å²) in [5, 5.41) is 11.5. The first-order valence-corrected chi connectivity index (χ1v) is 8.10. The molecule has 1 aliphatic heterocycles. The summed E-state index contributed by atoms with van der Waals surface area (Å²) in [6, 6.07) is -2.03. The van der Waals surface area contributed by atoms with Crippen LogP contribution < -0.4 is 5.32 Å². The lowest BCUT2D eigenvalue weighted by molar-refractivity contribution is -0.141. The fraction of sp³-hybridized carbons (Fsp3) is 0.769. The third-order valence-electron chi connectivity index (χ3n) is 3.53. The molecule has 3 amide bonds. The molecule has 1 aliphatic rings. The number of rotatable bonds is 5. The van der Waals surface area contributed by atoms with Gasteiger partial charge in [0, 0.05) is 18.8 Å². The van der Waals surface area contributed by atoms with E-state index in [2.05, 4.69) is 5.32 Å². The number of amides is 3. The number of likely N-dealkylation sites (N-methyl/N-ethyl adjacent to an activating group) is 1. The van der Waals surface area contributed by atoms with Crippen molar-refractivity contribution >= 4 is 29.7 Å². The highest BCUT2D eigenvalue weighted by Gasteiger charge is 2.40. The van der Waals surface area contributed by atoms with Crippen LogP contribution in [-0.4, -0.2) is 69.1 Å². The normalized spacial score (nSPS) is 22.8. The lowest BCUT2D eigenvalue weighted by Crippen LogP contribution is -2.54. The zero-order valence-electron chi connectivity index (χ0n) is 12.8. The highest BCUT2D eigenvalue weighted by Crippen LogP contribution is 2.28. The van der Waals surface area contributed by atoms with Crippen LogP contribution in [0.2, 0.25) is 0 Å². The van der Waals surface area contributed by atoms with Crippen molar-refractivity contribution in [2.24, 2.45) is 0 Å². The highest BCUT2D eigenvalue weighted by atomic mass is 32.2. The fourth-order valence-electron chi connectivity index (χ4n) is 2.27. The number of hydrogen-bond donors (Lipinski definition) is 2. The molecule has 3 atom stereocenters. The van der Waals surface area contributed by atoms with Crippen molar-refractivity contribution in [1.82, 2.24) is 15.1 Å². The Morgan fingerprint density at radius 1 is 1.38 bits per heavy atom. The molecule has 0 spiro atoms. The summed E-state index contributed by atoms with van der Waals surface area (Å²) >= 11 is 1.41. The van der Waals surface area contributed by atoms with Gasteiger partial charge in [0.15, 0.2) is 0 Å². The number of thioether (sulfide) groups is 1. The number of carboxylic acids is 1. The van der Waals surface area contributed by atoms with Crippen molar-refractivity contribution in [2.45, 2.75) is 45.2 Å². The predicted octanol–water partition coefficient (Wildman–Crippen LogP) is 0.801. The maximum Gasteiger partial charge on any atom is 0.327 e. The Balaban J connectivity index is 2.71. The second-order valence-corrected chi connectivity index (χ2v) is 6.22. The van der Waals surface area contributed by atoms with Gasteiger partial charge in [-0.1, -0.05) is 0 Å². The Morgan fingerprint density at radius 2 is 1.95 bits per heavy atom. The Morgan fingerprint density at radius 3 is 2.43 bits per heavy atom. The van der Waals surface area contributed by atoms with Gasteiger partial charge >= 0.3 is 12.0 Å². The third kappa shape index (κ3) is 4.03. The summed E-state index contributed by atoms with van der Waals surface area (Å²) in [5.41, 5.74) is 0. The molecule has 0 aromatic rings. The molecule has 0 aromatic carbocycles. The minimum atomic E-state index is -1.02. The molecule has 2 N–H and O–H groups in total. The molecular formula is C13H23N3O4S. The number of carboxylic acid groups (broad SMARTS) is 1. The average Bonchev–Trinajstić information content (AvgIpc) is 2.81. The van der Waals surface area contributed by atoms with E-state index in [0.717, 1.165) is 0 Å². The molecule has 1 fully saturated rings. The van der Waals surface area contributed by atoms with Gasteiger partial charge in [0.2, 0.25) is 5.91 Å². The van der Waals surface area contributed by atoms with Crippen molar-refractivity contribution in [2.75, 3.05) is 18.8 Å². The van der Waals surface area contributed by atoms with Gasteiger partial charge in [0.25, 0.3) is 0 Å². The van der Waals surface area contributed by atoms with Gasteiger partial charge < -0.3 is 15.3 Å². The Hall–Kier alpha value is -1.44. The molecule has 0 bridgehead atoms. The zero-order valence-corrected chi connectivity index (χ0v) is 13.6. The van der Waals surface area contributed by atoms with Crippen molar-refractivity contribution in [3.63, 3.8) is 0 Å².